The van der Waals surface area contributed by atoms with Crippen molar-refractivity contribution < 1.29 is 9.21 Å². The Balaban J connectivity index is 1.91. The molecule has 0 radical (unpaired) electrons. The van der Waals surface area contributed by atoms with Gasteiger partial charge in [-0.3, -0.25) is 4.79 Å². The summed E-state index contributed by atoms with van der Waals surface area (Å²) >= 11 is 0. The van der Waals surface area contributed by atoms with Crippen LogP contribution in [0.1, 0.15) is 30.9 Å². The van der Waals surface area contributed by atoms with Crippen molar-refractivity contribution in [2.75, 3.05) is 0 Å². The number of carbonyl (C=O) groups excluding carboxylic acids is 1. The molecule has 0 saturated heterocycles. The van der Waals surface area contributed by atoms with Crippen molar-refractivity contribution in [2.45, 2.75) is 32.7 Å². The number of nitriles is 1. The molecule has 0 spiro atoms. The lowest BCUT2D eigenvalue weighted by molar-refractivity contribution is -0.132. The second-order valence-electron chi connectivity index (χ2n) is 4.09. The lowest BCUT2D eigenvalue weighted by Crippen LogP contribution is -2.44. The van der Waals surface area contributed by atoms with Crippen molar-refractivity contribution in [3.8, 4) is 6.07 Å². The van der Waals surface area contributed by atoms with Gasteiger partial charge >= 0.3 is 0 Å². The third kappa shape index (κ3) is 1.78. The van der Waals surface area contributed by atoms with Crippen LogP contribution in [0.2, 0.25) is 0 Å². The zero-order valence-electron chi connectivity index (χ0n) is 9.12. The molecule has 5 nitrogen and oxygen atoms in total. The fourth-order valence-corrected chi connectivity index (χ4v) is 1.73. The molecule has 1 aliphatic carbocycles. The van der Waals surface area contributed by atoms with E-state index in [1.54, 1.807) is 13.1 Å². The van der Waals surface area contributed by atoms with Gasteiger partial charge in [-0.25, -0.2) is 4.98 Å². The van der Waals surface area contributed by atoms with Crippen LogP contribution in [0.5, 0.6) is 0 Å². The van der Waals surface area contributed by atoms with E-state index in [9.17, 15) is 4.79 Å². The fraction of sp³-hybridized carbons (Fsp3) is 0.545. The first kappa shape index (κ1) is 10.7. The largest absolute Gasteiger partial charge is 0.444 e. The summed E-state index contributed by atoms with van der Waals surface area (Å²) in [6.45, 7) is 2.04. The number of rotatable bonds is 3. The zero-order chi connectivity index (χ0) is 11.6. The minimum absolute atomic E-state index is 0.211. The predicted octanol–water partition coefficient (Wildman–Crippen LogP) is 1.29. The Morgan fingerprint density at radius 3 is 2.94 bits per heavy atom. The molecular weight excluding hydrogens is 206 g/mol. The van der Waals surface area contributed by atoms with Gasteiger partial charge in [0.05, 0.1) is 18.8 Å². The van der Waals surface area contributed by atoms with Gasteiger partial charge in [0.2, 0.25) is 11.8 Å². The maximum absolute atomic E-state index is 11.8. The molecule has 0 atom stereocenters. The molecule has 1 saturated carbocycles. The standard InChI is InChI=1S/C11H13N3O2/c1-8-5-13-9(16-8)6-14-10(15)11(7-12)3-2-4-11/h5H,2-4,6H2,1H3,(H,14,15). The summed E-state index contributed by atoms with van der Waals surface area (Å²) < 4.78 is 5.22. The number of hydrogen-bond donors (Lipinski definition) is 1. The average Bonchev–Trinajstić information content (AvgIpc) is 2.60. The molecule has 0 unspecified atom stereocenters. The molecule has 1 N–H and O–H groups in total. The number of hydrogen-bond acceptors (Lipinski definition) is 4. The van der Waals surface area contributed by atoms with E-state index in [1.165, 1.54) is 0 Å². The minimum Gasteiger partial charge on any atom is -0.444 e. The zero-order valence-corrected chi connectivity index (χ0v) is 9.12. The smallest absolute Gasteiger partial charge is 0.240 e. The first-order chi connectivity index (χ1) is 7.66. The maximum atomic E-state index is 11.8. The lowest BCUT2D eigenvalue weighted by atomic mass is 9.69. The summed E-state index contributed by atoms with van der Waals surface area (Å²) in [4.78, 5) is 15.7. The number of oxazole rings is 1. The van der Waals surface area contributed by atoms with Crippen LogP contribution >= 0.6 is 0 Å². The molecule has 1 amide bonds. The highest BCUT2D eigenvalue weighted by molar-refractivity contribution is 5.86. The van der Waals surface area contributed by atoms with E-state index in [0.717, 1.165) is 6.42 Å². The van der Waals surface area contributed by atoms with Crippen LogP contribution in [0.15, 0.2) is 10.6 Å². The van der Waals surface area contributed by atoms with E-state index >= 15 is 0 Å². The van der Waals surface area contributed by atoms with Gasteiger partial charge in [0.15, 0.2) is 0 Å². The van der Waals surface area contributed by atoms with Crippen molar-refractivity contribution in [1.29, 1.82) is 5.26 Å². The van der Waals surface area contributed by atoms with Crippen LogP contribution in [0.25, 0.3) is 0 Å². The number of aryl methyl sites for hydroxylation is 1. The first-order valence-corrected chi connectivity index (χ1v) is 5.27. The lowest BCUT2D eigenvalue weighted by Gasteiger charge is -2.33. The minimum atomic E-state index is -0.804. The van der Waals surface area contributed by atoms with Gasteiger partial charge in [-0.1, -0.05) is 0 Å². The third-order valence-corrected chi connectivity index (χ3v) is 2.93. The van der Waals surface area contributed by atoms with E-state index in [2.05, 4.69) is 16.4 Å². The number of carbonyl (C=O) groups is 1. The quantitative estimate of drug-likeness (QED) is 0.830. The Labute approximate surface area is 93.5 Å². The highest BCUT2D eigenvalue weighted by Gasteiger charge is 2.44. The Hall–Kier alpha value is -1.83. The summed E-state index contributed by atoms with van der Waals surface area (Å²) in [5, 5.41) is 11.6. The van der Waals surface area contributed by atoms with Crippen molar-refractivity contribution in [2.24, 2.45) is 5.41 Å². The molecule has 84 valence electrons. The van der Waals surface area contributed by atoms with Gasteiger partial charge < -0.3 is 9.73 Å². The fourth-order valence-electron chi connectivity index (χ4n) is 1.73. The summed E-state index contributed by atoms with van der Waals surface area (Å²) in [6.07, 6.45) is 3.85. The summed E-state index contributed by atoms with van der Waals surface area (Å²) in [7, 11) is 0. The summed E-state index contributed by atoms with van der Waals surface area (Å²) in [5.41, 5.74) is -0.804. The van der Waals surface area contributed by atoms with Crippen molar-refractivity contribution in [3.63, 3.8) is 0 Å². The molecule has 1 aromatic heterocycles. The molecule has 16 heavy (non-hydrogen) atoms. The maximum Gasteiger partial charge on any atom is 0.240 e. The van der Waals surface area contributed by atoms with E-state index in [1.807, 2.05) is 0 Å². The summed E-state index contributed by atoms with van der Waals surface area (Å²) in [6, 6.07) is 2.09. The van der Waals surface area contributed by atoms with Gasteiger partial charge in [-0.05, 0) is 26.2 Å². The Morgan fingerprint density at radius 1 is 1.75 bits per heavy atom. The molecule has 2 rings (SSSR count). The Kier molecular flexibility index (Phi) is 2.65. The van der Waals surface area contributed by atoms with Crippen LogP contribution < -0.4 is 5.32 Å². The van der Waals surface area contributed by atoms with E-state index < -0.39 is 5.41 Å². The van der Waals surface area contributed by atoms with E-state index in [-0.39, 0.29) is 12.5 Å². The van der Waals surface area contributed by atoms with Crippen LogP contribution in [0, 0.1) is 23.7 Å². The van der Waals surface area contributed by atoms with Crippen molar-refractivity contribution in [3.05, 3.63) is 17.8 Å². The highest BCUT2D eigenvalue weighted by Crippen LogP contribution is 2.40. The van der Waals surface area contributed by atoms with Crippen molar-refractivity contribution in [1.82, 2.24) is 10.3 Å². The Morgan fingerprint density at radius 2 is 2.50 bits per heavy atom. The normalized spacial score (nSPS) is 17.2. The van der Waals surface area contributed by atoms with Gasteiger partial charge in [-0.15, -0.1) is 0 Å². The van der Waals surface area contributed by atoms with Gasteiger partial charge in [0, 0.05) is 0 Å². The predicted molar refractivity (Wildman–Crippen MR) is 55.0 cm³/mol. The molecule has 0 aromatic carbocycles. The second kappa shape index (κ2) is 3.97. The van der Waals surface area contributed by atoms with Crippen LogP contribution in [-0.4, -0.2) is 10.9 Å². The average molecular weight is 219 g/mol. The molecule has 1 aromatic rings. The van der Waals surface area contributed by atoms with Crippen molar-refractivity contribution >= 4 is 5.91 Å². The molecule has 1 aliphatic rings. The van der Waals surface area contributed by atoms with E-state index in [0.29, 0.717) is 24.5 Å². The van der Waals surface area contributed by atoms with Gasteiger partial charge in [0.1, 0.15) is 11.2 Å². The molecule has 1 heterocycles. The molecular formula is C11H13N3O2. The summed E-state index contributed by atoms with van der Waals surface area (Å²) in [5.74, 6) is 0.971. The molecule has 0 aliphatic heterocycles. The molecule has 0 bridgehead atoms. The third-order valence-electron chi connectivity index (χ3n) is 2.93. The Bertz CT molecular complexity index is 440. The number of amides is 1. The molecule has 1 fully saturated rings. The number of nitrogens with one attached hydrogen (secondary N) is 1. The van der Waals surface area contributed by atoms with Gasteiger partial charge in [-0.2, -0.15) is 5.26 Å². The SMILES string of the molecule is Cc1cnc(CNC(=O)C2(C#N)CCC2)o1. The van der Waals surface area contributed by atoms with Crippen LogP contribution in [0.3, 0.4) is 0 Å². The topological polar surface area (TPSA) is 78.9 Å². The van der Waals surface area contributed by atoms with Crippen LogP contribution in [-0.2, 0) is 11.3 Å². The number of aromatic nitrogens is 1. The molecule has 5 heteroatoms. The second-order valence-corrected chi connectivity index (χ2v) is 4.09. The monoisotopic (exact) mass is 219 g/mol. The van der Waals surface area contributed by atoms with Gasteiger partial charge in [0.25, 0.3) is 0 Å². The number of nitrogens with zero attached hydrogens (tertiary/aromatic N) is 2. The first-order valence-electron chi connectivity index (χ1n) is 5.27. The van der Waals surface area contributed by atoms with Crippen LogP contribution in [0.4, 0.5) is 0 Å². The van der Waals surface area contributed by atoms with E-state index in [4.69, 9.17) is 9.68 Å². The highest BCUT2D eigenvalue weighted by atomic mass is 16.4.